The third-order valence-corrected chi connectivity index (χ3v) is 5.33. The highest BCUT2D eigenvalue weighted by Gasteiger charge is 2.23. The van der Waals surface area contributed by atoms with Crippen LogP contribution in [0.3, 0.4) is 0 Å². The average Bonchev–Trinajstić information content (AvgIpc) is 3.24. The molecule has 0 amide bonds. The fraction of sp³-hybridized carbons (Fsp3) is 0.350. The number of hydrogen-bond acceptors (Lipinski definition) is 5. The van der Waals surface area contributed by atoms with Crippen molar-refractivity contribution < 1.29 is 9.53 Å². The summed E-state index contributed by atoms with van der Waals surface area (Å²) in [5.41, 5.74) is 4.37. The second kappa shape index (κ2) is 5.92. The van der Waals surface area contributed by atoms with E-state index in [1.807, 2.05) is 30.5 Å². The zero-order valence-corrected chi connectivity index (χ0v) is 14.6. The molecule has 6 nitrogen and oxygen atoms in total. The zero-order chi connectivity index (χ0) is 17.7. The Morgan fingerprint density at radius 2 is 2.19 bits per heavy atom. The molecule has 0 radical (unpaired) electrons. The number of piperidine rings is 1. The van der Waals surface area contributed by atoms with Gasteiger partial charge in [0.05, 0.1) is 22.8 Å². The van der Waals surface area contributed by atoms with E-state index in [0.29, 0.717) is 23.3 Å². The van der Waals surface area contributed by atoms with Crippen molar-refractivity contribution in [3.8, 4) is 17.0 Å². The number of hydrogen-bond donors (Lipinski definition) is 2. The van der Waals surface area contributed by atoms with E-state index in [9.17, 15) is 4.79 Å². The Balaban J connectivity index is 1.50. The molecule has 5 rings (SSSR count). The molecule has 132 valence electrons. The third kappa shape index (κ3) is 2.57. The molecular weight excluding hydrogens is 328 g/mol. The summed E-state index contributed by atoms with van der Waals surface area (Å²) in [5, 5.41) is 3.47. The fourth-order valence-corrected chi connectivity index (χ4v) is 3.91. The quantitative estimate of drug-likeness (QED) is 0.744. The molecule has 2 unspecified atom stereocenters. The number of rotatable bonds is 2. The van der Waals surface area contributed by atoms with Gasteiger partial charge in [-0.3, -0.25) is 4.79 Å². The Labute approximate surface area is 151 Å². The molecular formula is C20H20N4O2. The van der Waals surface area contributed by atoms with Crippen LogP contribution in [0, 0.1) is 0 Å². The van der Waals surface area contributed by atoms with Crippen molar-refractivity contribution in [2.45, 2.75) is 31.7 Å². The van der Waals surface area contributed by atoms with E-state index in [4.69, 9.17) is 9.72 Å². The Morgan fingerprint density at radius 3 is 3.08 bits per heavy atom. The van der Waals surface area contributed by atoms with Gasteiger partial charge in [0.15, 0.2) is 6.61 Å². The number of benzene rings is 1. The van der Waals surface area contributed by atoms with E-state index in [1.54, 1.807) is 0 Å². The van der Waals surface area contributed by atoms with Crippen LogP contribution in [0.1, 0.15) is 41.9 Å². The Morgan fingerprint density at radius 1 is 1.27 bits per heavy atom. The maximum absolute atomic E-state index is 11.9. The summed E-state index contributed by atoms with van der Waals surface area (Å²) in [5.74, 6) is 2.02. The van der Waals surface area contributed by atoms with Gasteiger partial charge in [0.25, 0.3) is 0 Å². The summed E-state index contributed by atoms with van der Waals surface area (Å²) in [4.78, 5) is 24.7. The van der Waals surface area contributed by atoms with Crippen molar-refractivity contribution in [3.63, 3.8) is 0 Å². The minimum atomic E-state index is 0.0278. The lowest BCUT2D eigenvalue weighted by molar-refractivity contribution is 0.0961. The normalized spacial score (nSPS) is 22.4. The summed E-state index contributed by atoms with van der Waals surface area (Å²) in [7, 11) is 0. The third-order valence-electron chi connectivity index (χ3n) is 5.33. The Bertz CT molecular complexity index is 1010. The van der Waals surface area contributed by atoms with Gasteiger partial charge >= 0.3 is 0 Å². The smallest absolute Gasteiger partial charge is 0.203 e. The number of fused-ring (bicyclic) bond motifs is 2. The maximum Gasteiger partial charge on any atom is 0.203 e. The SMILES string of the molecule is CC1CC(c2ncc3[nH]c(-c4ccc5c(c4)C(=O)CO5)cc3n2)CCN1. The number of nitrogens with one attached hydrogen (secondary N) is 2. The first-order chi connectivity index (χ1) is 12.7. The van der Waals surface area contributed by atoms with Gasteiger partial charge in [0, 0.05) is 17.7 Å². The second-order valence-corrected chi connectivity index (χ2v) is 7.21. The van der Waals surface area contributed by atoms with E-state index in [-0.39, 0.29) is 12.4 Å². The standard InChI is InChI=1S/C20H20N4O2/c1-11-6-13(4-5-21-11)20-22-9-17-16(24-20)8-15(23-17)12-2-3-19-14(7-12)18(25)10-26-19/h2-3,7-9,11,13,21,23H,4-6,10H2,1H3. The molecule has 2 atom stereocenters. The lowest BCUT2D eigenvalue weighted by atomic mass is 9.92. The molecule has 0 bridgehead atoms. The van der Waals surface area contributed by atoms with E-state index >= 15 is 0 Å². The van der Waals surface area contributed by atoms with Crippen LogP contribution in [0.25, 0.3) is 22.3 Å². The lowest BCUT2D eigenvalue weighted by Gasteiger charge is -2.26. The van der Waals surface area contributed by atoms with Crippen LogP contribution in [0.4, 0.5) is 0 Å². The summed E-state index contributed by atoms with van der Waals surface area (Å²) in [6, 6.07) is 8.24. The van der Waals surface area contributed by atoms with Crippen molar-refractivity contribution in [2.75, 3.05) is 13.2 Å². The highest BCUT2D eigenvalue weighted by molar-refractivity contribution is 6.03. The summed E-state index contributed by atoms with van der Waals surface area (Å²) in [6.07, 6.45) is 4.01. The number of Topliss-reactive ketones (excluding diaryl/α,β-unsaturated/α-hetero) is 1. The molecule has 1 fully saturated rings. The minimum Gasteiger partial charge on any atom is -0.485 e. The molecule has 2 aliphatic rings. The predicted octanol–water partition coefficient (Wildman–Crippen LogP) is 3.06. The number of ketones is 1. The van der Waals surface area contributed by atoms with Gasteiger partial charge in [-0.15, -0.1) is 0 Å². The van der Waals surface area contributed by atoms with E-state index < -0.39 is 0 Å². The highest BCUT2D eigenvalue weighted by Crippen LogP contribution is 2.32. The minimum absolute atomic E-state index is 0.0278. The molecule has 2 N–H and O–H groups in total. The topological polar surface area (TPSA) is 79.9 Å². The molecule has 0 aliphatic carbocycles. The van der Waals surface area contributed by atoms with Crippen LogP contribution in [0.5, 0.6) is 5.75 Å². The molecule has 6 heteroatoms. The Hall–Kier alpha value is -2.73. The van der Waals surface area contributed by atoms with E-state index in [0.717, 1.165) is 47.5 Å². The van der Waals surface area contributed by atoms with Crippen molar-refractivity contribution in [1.82, 2.24) is 20.3 Å². The zero-order valence-electron chi connectivity index (χ0n) is 14.6. The average molecular weight is 348 g/mol. The number of aromatic amines is 1. The van der Waals surface area contributed by atoms with Gasteiger partial charge < -0.3 is 15.0 Å². The first-order valence-electron chi connectivity index (χ1n) is 9.07. The van der Waals surface area contributed by atoms with Gasteiger partial charge in [0.2, 0.25) is 5.78 Å². The molecule has 2 aliphatic heterocycles. The van der Waals surface area contributed by atoms with Crippen molar-refractivity contribution in [1.29, 1.82) is 0 Å². The number of aromatic nitrogens is 3. The number of carbonyl (C=O) groups is 1. The van der Waals surface area contributed by atoms with Gasteiger partial charge in [-0.25, -0.2) is 9.97 Å². The molecule has 1 saturated heterocycles. The monoisotopic (exact) mass is 348 g/mol. The molecule has 26 heavy (non-hydrogen) atoms. The summed E-state index contributed by atoms with van der Waals surface area (Å²) in [6.45, 7) is 3.35. The van der Waals surface area contributed by atoms with Gasteiger partial charge in [-0.2, -0.15) is 0 Å². The van der Waals surface area contributed by atoms with Crippen LogP contribution < -0.4 is 10.1 Å². The van der Waals surface area contributed by atoms with Crippen molar-refractivity contribution in [2.24, 2.45) is 0 Å². The lowest BCUT2D eigenvalue weighted by Crippen LogP contribution is -2.35. The largest absolute Gasteiger partial charge is 0.485 e. The molecule has 0 spiro atoms. The van der Waals surface area contributed by atoms with Crippen molar-refractivity contribution in [3.05, 3.63) is 41.9 Å². The number of H-pyrrole nitrogens is 1. The van der Waals surface area contributed by atoms with Crippen LogP contribution in [0.15, 0.2) is 30.5 Å². The van der Waals surface area contributed by atoms with Gasteiger partial charge in [-0.05, 0) is 56.1 Å². The number of carbonyl (C=O) groups excluding carboxylic acids is 1. The first kappa shape index (κ1) is 15.5. The first-order valence-corrected chi connectivity index (χ1v) is 9.07. The molecule has 1 aromatic carbocycles. The van der Waals surface area contributed by atoms with Gasteiger partial charge in [0.1, 0.15) is 11.6 Å². The number of nitrogens with zero attached hydrogens (tertiary/aromatic N) is 2. The Kier molecular flexibility index (Phi) is 3.53. The molecule has 0 saturated carbocycles. The summed E-state index contributed by atoms with van der Waals surface area (Å²) < 4.78 is 5.36. The van der Waals surface area contributed by atoms with Crippen molar-refractivity contribution >= 4 is 16.8 Å². The van der Waals surface area contributed by atoms with Crippen LogP contribution >= 0.6 is 0 Å². The number of ether oxygens (including phenoxy) is 1. The highest BCUT2D eigenvalue weighted by atomic mass is 16.5. The van der Waals surface area contributed by atoms with Crippen LogP contribution in [-0.4, -0.2) is 39.9 Å². The van der Waals surface area contributed by atoms with E-state index in [2.05, 4.69) is 22.2 Å². The van der Waals surface area contributed by atoms with E-state index in [1.165, 1.54) is 0 Å². The predicted molar refractivity (Wildman–Crippen MR) is 98.6 cm³/mol. The second-order valence-electron chi connectivity index (χ2n) is 7.21. The van der Waals surface area contributed by atoms with Gasteiger partial charge in [-0.1, -0.05) is 0 Å². The summed E-state index contributed by atoms with van der Waals surface area (Å²) >= 11 is 0. The molecule has 4 heterocycles. The molecule has 3 aromatic rings. The fourth-order valence-electron chi connectivity index (χ4n) is 3.91. The van der Waals surface area contributed by atoms with Crippen LogP contribution in [0.2, 0.25) is 0 Å². The molecule has 2 aromatic heterocycles. The van der Waals surface area contributed by atoms with Crippen LogP contribution in [-0.2, 0) is 0 Å². The maximum atomic E-state index is 11.9.